The molecule has 1 rings (SSSR count). The first kappa shape index (κ1) is 9.67. The molecule has 0 radical (unpaired) electrons. The minimum absolute atomic E-state index is 0.310. The molecule has 0 fully saturated rings. The monoisotopic (exact) mass is 180 g/mol. The molecule has 1 aromatic rings. The van der Waals surface area contributed by atoms with Gasteiger partial charge >= 0.3 is 5.97 Å². The Morgan fingerprint density at radius 2 is 2.38 bits per heavy atom. The lowest BCUT2D eigenvalue weighted by molar-refractivity contribution is 0.0519. The molecule has 0 saturated heterocycles. The normalized spacial score (nSPS) is 9.69. The molecular weight excluding hydrogens is 168 g/mol. The van der Waals surface area contributed by atoms with E-state index in [0.29, 0.717) is 24.5 Å². The molecule has 0 unspecified atom stereocenters. The van der Waals surface area contributed by atoms with Crippen LogP contribution in [0.25, 0.3) is 0 Å². The second kappa shape index (κ2) is 4.57. The van der Waals surface area contributed by atoms with Crippen LogP contribution in [-0.2, 0) is 11.3 Å². The van der Waals surface area contributed by atoms with Crippen LogP contribution >= 0.6 is 0 Å². The number of hydrogen-bond donors (Lipinski definition) is 1. The predicted molar refractivity (Wildman–Crippen MR) is 48.1 cm³/mol. The standard InChI is InChI=1S/C9H12N2O2/c1-2-13-9(12)8-5-3-4-7(6-10)11-8/h3-5H,2,6,10H2,1H3. The van der Waals surface area contributed by atoms with Gasteiger partial charge < -0.3 is 10.5 Å². The number of carbonyl (C=O) groups excluding carboxylic acids is 1. The summed E-state index contributed by atoms with van der Waals surface area (Å²) in [5.41, 5.74) is 6.37. The van der Waals surface area contributed by atoms with Crippen LogP contribution in [0.2, 0.25) is 0 Å². The smallest absolute Gasteiger partial charge is 0.356 e. The fourth-order valence-corrected chi connectivity index (χ4v) is 0.912. The number of ether oxygens (including phenoxy) is 1. The summed E-state index contributed by atoms with van der Waals surface area (Å²) in [6, 6.07) is 5.11. The van der Waals surface area contributed by atoms with E-state index in [-0.39, 0.29) is 0 Å². The van der Waals surface area contributed by atoms with Crippen molar-refractivity contribution in [3.05, 3.63) is 29.6 Å². The fourth-order valence-electron chi connectivity index (χ4n) is 0.912. The fraction of sp³-hybridized carbons (Fsp3) is 0.333. The molecule has 0 saturated carbocycles. The van der Waals surface area contributed by atoms with E-state index in [1.54, 1.807) is 25.1 Å². The van der Waals surface area contributed by atoms with Gasteiger partial charge in [-0.1, -0.05) is 6.07 Å². The Balaban J connectivity index is 2.82. The van der Waals surface area contributed by atoms with Gasteiger partial charge in [-0.3, -0.25) is 0 Å². The molecular formula is C9H12N2O2. The molecule has 1 heterocycles. The molecule has 0 aliphatic carbocycles. The number of aromatic nitrogens is 1. The molecule has 0 bridgehead atoms. The summed E-state index contributed by atoms with van der Waals surface area (Å²) >= 11 is 0. The van der Waals surface area contributed by atoms with Crippen LogP contribution in [0, 0.1) is 0 Å². The number of nitrogens with zero attached hydrogens (tertiary/aromatic N) is 1. The topological polar surface area (TPSA) is 65.2 Å². The van der Waals surface area contributed by atoms with Gasteiger partial charge in [0.25, 0.3) is 0 Å². The van der Waals surface area contributed by atoms with Crippen molar-refractivity contribution in [3.63, 3.8) is 0 Å². The maximum Gasteiger partial charge on any atom is 0.356 e. The molecule has 1 aromatic heterocycles. The SMILES string of the molecule is CCOC(=O)c1cccc(CN)n1. The number of nitrogens with two attached hydrogens (primary N) is 1. The molecule has 0 atom stereocenters. The van der Waals surface area contributed by atoms with E-state index < -0.39 is 5.97 Å². The van der Waals surface area contributed by atoms with Gasteiger partial charge in [0.05, 0.1) is 12.3 Å². The minimum atomic E-state index is -0.405. The molecule has 4 heteroatoms. The van der Waals surface area contributed by atoms with Crippen molar-refractivity contribution in [1.29, 1.82) is 0 Å². The summed E-state index contributed by atoms with van der Waals surface area (Å²) in [5.74, 6) is -0.405. The van der Waals surface area contributed by atoms with Crippen molar-refractivity contribution in [2.75, 3.05) is 6.61 Å². The van der Waals surface area contributed by atoms with Gasteiger partial charge in [0.15, 0.2) is 0 Å². The highest BCUT2D eigenvalue weighted by Crippen LogP contribution is 2.00. The van der Waals surface area contributed by atoms with Crippen molar-refractivity contribution in [1.82, 2.24) is 4.98 Å². The van der Waals surface area contributed by atoms with Crippen molar-refractivity contribution in [2.45, 2.75) is 13.5 Å². The molecule has 70 valence electrons. The third kappa shape index (κ3) is 2.52. The van der Waals surface area contributed by atoms with E-state index in [4.69, 9.17) is 10.5 Å². The lowest BCUT2D eigenvalue weighted by Gasteiger charge is -2.01. The first-order valence-corrected chi connectivity index (χ1v) is 4.11. The number of carbonyl (C=O) groups is 1. The Bertz CT molecular complexity index is 299. The van der Waals surface area contributed by atoms with Crippen LogP contribution in [0.15, 0.2) is 18.2 Å². The third-order valence-electron chi connectivity index (χ3n) is 1.50. The number of hydrogen-bond acceptors (Lipinski definition) is 4. The van der Waals surface area contributed by atoms with Crippen molar-refractivity contribution < 1.29 is 9.53 Å². The molecule has 13 heavy (non-hydrogen) atoms. The van der Waals surface area contributed by atoms with Gasteiger partial charge in [-0.05, 0) is 19.1 Å². The first-order chi connectivity index (χ1) is 6.27. The van der Waals surface area contributed by atoms with Gasteiger partial charge in [0.2, 0.25) is 0 Å². The van der Waals surface area contributed by atoms with Crippen LogP contribution in [0.3, 0.4) is 0 Å². The Labute approximate surface area is 76.7 Å². The second-order valence-electron chi connectivity index (χ2n) is 2.44. The van der Waals surface area contributed by atoms with Crippen LogP contribution in [0.4, 0.5) is 0 Å². The van der Waals surface area contributed by atoms with E-state index >= 15 is 0 Å². The van der Waals surface area contributed by atoms with Gasteiger partial charge in [-0.25, -0.2) is 9.78 Å². The van der Waals surface area contributed by atoms with Gasteiger partial charge in [0, 0.05) is 6.54 Å². The summed E-state index contributed by atoms with van der Waals surface area (Å²) in [6.07, 6.45) is 0. The highest BCUT2D eigenvalue weighted by Gasteiger charge is 2.07. The molecule has 2 N–H and O–H groups in total. The molecule has 0 aliphatic rings. The zero-order valence-corrected chi connectivity index (χ0v) is 7.49. The summed E-state index contributed by atoms with van der Waals surface area (Å²) in [5, 5.41) is 0. The minimum Gasteiger partial charge on any atom is -0.461 e. The summed E-state index contributed by atoms with van der Waals surface area (Å²) in [4.78, 5) is 15.2. The Kier molecular flexibility index (Phi) is 3.40. The summed E-state index contributed by atoms with van der Waals surface area (Å²) in [6.45, 7) is 2.44. The molecule has 4 nitrogen and oxygen atoms in total. The average Bonchev–Trinajstić information content (AvgIpc) is 2.18. The molecule has 0 amide bonds. The van der Waals surface area contributed by atoms with E-state index in [0.717, 1.165) is 0 Å². The van der Waals surface area contributed by atoms with Crippen LogP contribution in [-0.4, -0.2) is 17.6 Å². The predicted octanol–water partition coefficient (Wildman–Crippen LogP) is 0.717. The third-order valence-corrected chi connectivity index (χ3v) is 1.50. The first-order valence-electron chi connectivity index (χ1n) is 4.11. The van der Waals surface area contributed by atoms with Crippen molar-refractivity contribution >= 4 is 5.97 Å². The van der Waals surface area contributed by atoms with Gasteiger partial charge in [0.1, 0.15) is 5.69 Å². The van der Waals surface area contributed by atoms with E-state index in [1.165, 1.54) is 0 Å². The maximum atomic E-state index is 11.2. The largest absolute Gasteiger partial charge is 0.461 e. The quantitative estimate of drug-likeness (QED) is 0.696. The summed E-state index contributed by atoms with van der Waals surface area (Å²) in [7, 11) is 0. The van der Waals surface area contributed by atoms with Crippen molar-refractivity contribution in [2.24, 2.45) is 5.73 Å². The van der Waals surface area contributed by atoms with E-state index in [1.807, 2.05) is 0 Å². The number of esters is 1. The van der Waals surface area contributed by atoms with Gasteiger partial charge in [-0.2, -0.15) is 0 Å². The number of pyridine rings is 1. The van der Waals surface area contributed by atoms with Gasteiger partial charge in [-0.15, -0.1) is 0 Å². The second-order valence-corrected chi connectivity index (χ2v) is 2.44. The van der Waals surface area contributed by atoms with E-state index in [9.17, 15) is 4.79 Å². The van der Waals surface area contributed by atoms with Crippen LogP contribution < -0.4 is 5.73 Å². The number of rotatable bonds is 3. The highest BCUT2D eigenvalue weighted by molar-refractivity contribution is 5.87. The zero-order valence-electron chi connectivity index (χ0n) is 7.49. The maximum absolute atomic E-state index is 11.2. The molecule has 0 spiro atoms. The lowest BCUT2D eigenvalue weighted by Crippen LogP contribution is -2.09. The zero-order chi connectivity index (χ0) is 9.68. The van der Waals surface area contributed by atoms with Crippen LogP contribution in [0.5, 0.6) is 0 Å². The Morgan fingerprint density at radius 1 is 1.62 bits per heavy atom. The highest BCUT2D eigenvalue weighted by atomic mass is 16.5. The molecule has 0 aliphatic heterocycles. The summed E-state index contributed by atoms with van der Waals surface area (Å²) < 4.78 is 4.79. The lowest BCUT2D eigenvalue weighted by atomic mass is 10.3. The average molecular weight is 180 g/mol. The van der Waals surface area contributed by atoms with E-state index in [2.05, 4.69) is 4.98 Å². The van der Waals surface area contributed by atoms with Crippen LogP contribution in [0.1, 0.15) is 23.1 Å². The molecule has 0 aromatic carbocycles. The Hall–Kier alpha value is -1.42. The Morgan fingerprint density at radius 3 is 3.00 bits per heavy atom. The van der Waals surface area contributed by atoms with Crippen molar-refractivity contribution in [3.8, 4) is 0 Å².